The lowest BCUT2D eigenvalue weighted by atomic mass is 10.2. The van der Waals surface area contributed by atoms with E-state index in [-0.39, 0.29) is 0 Å². The van der Waals surface area contributed by atoms with Crippen molar-refractivity contribution in [2.45, 2.75) is 38.1 Å². The highest BCUT2D eigenvalue weighted by molar-refractivity contribution is 5.20. The highest BCUT2D eigenvalue weighted by atomic mass is 16.5. The van der Waals surface area contributed by atoms with Gasteiger partial charge in [0, 0.05) is 12.6 Å². The molecular weight excluding hydrogens is 238 g/mol. The number of nitrogens with one attached hydrogen (secondary N) is 1. The van der Waals surface area contributed by atoms with E-state index in [0.29, 0.717) is 13.2 Å². The molecule has 106 valence electrons. The van der Waals surface area contributed by atoms with Crippen molar-refractivity contribution >= 4 is 0 Å². The molecule has 0 spiro atoms. The number of benzene rings is 1. The number of hydrogen-bond acceptors (Lipinski definition) is 3. The van der Waals surface area contributed by atoms with Crippen LogP contribution in [-0.4, -0.2) is 32.4 Å². The molecule has 1 saturated carbocycles. The van der Waals surface area contributed by atoms with Gasteiger partial charge in [0.15, 0.2) is 0 Å². The zero-order valence-corrected chi connectivity index (χ0v) is 11.6. The Morgan fingerprint density at radius 1 is 1.00 bits per heavy atom. The Bertz CT molecular complexity index is 323. The van der Waals surface area contributed by atoms with Crippen LogP contribution in [0.4, 0.5) is 0 Å². The average molecular weight is 263 g/mol. The van der Waals surface area contributed by atoms with Gasteiger partial charge in [-0.1, -0.05) is 31.0 Å². The first-order valence-corrected chi connectivity index (χ1v) is 7.44. The van der Waals surface area contributed by atoms with Gasteiger partial charge in [-0.25, -0.2) is 0 Å². The molecule has 1 aromatic rings. The van der Waals surface area contributed by atoms with Gasteiger partial charge in [-0.05, 0) is 37.9 Å². The first-order valence-electron chi connectivity index (χ1n) is 7.44. The Balaban J connectivity index is 1.38. The smallest absolute Gasteiger partial charge is 0.119 e. The summed E-state index contributed by atoms with van der Waals surface area (Å²) in [6.45, 7) is 3.18. The van der Waals surface area contributed by atoms with Crippen molar-refractivity contribution in [2.24, 2.45) is 0 Å². The van der Waals surface area contributed by atoms with Gasteiger partial charge < -0.3 is 14.8 Å². The molecule has 3 heteroatoms. The molecule has 0 amide bonds. The number of para-hydroxylation sites is 1. The standard InChI is InChI=1S/C16H25NO2/c1-2-9-16(10-3-1)19-14-13-18-12-6-11-17-15-7-4-5-8-15/h1-3,9-10,15,17H,4-8,11-14H2. The first kappa shape index (κ1) is 14.4. The van der Waals surface area contributed by atoms with Crippen LogP contribution in [0.25, 0.3) is 0 Å². The van der Waals surface area contributed by atoms with E-state index >= 15 is 0 Å². The Morgan fingerprint density at radius 3 is 2.58 bits per heavy atom. The lowest BCUT2D eigenvalue weighted by Crippen LogP contribution is -2.27. The second-order valence-electron chi connectivity index (χ2n) is 5.06. The van der Waals surface area contributed by atoms with E-state index in [1.807, 2.05) is 30.3 Å². The van der Waals surface area contributed by atoms with Crippen LogP contribution < -0.4 is 10.1 Å². The molecule has 0 heterocycles. The summed E-state index contributed by atoms with van der Waals surface area (Å²) in [7, 11) is 0. The molecule has 19 heavy (non-hydrogen) atoms. The van der Waals surface area contributed by atoms with Crippen molar-refractivity contribution in [1.29, 1.82) is 0 Å². The second-order valence-corrected chi connectivity index (χ2v) is 5.06. The van der Waals surface area contributed by atoms with Gasteiger partial charge in [-0.2, -0.15) is 0 Å². The fourth-order valence-electron chi connectivity index (χ4n) is 2.45. The zero-order chi connectivity index (χ0) is 13.2. The van der Waals surface area contributed by atoms with Gasteiger partial charge in [0.05, 0.1) is 6.61 Å². The van der Waals surface area contributed by atoms with Gasteiger partial charge in [-0.3, -0.25) is 0 Å². The molecule has 3 nitrogen and oxygen atoms in total. The van der Waals surface area contributed by atoms with E-state index in [1.54, 1.807) is 0 Å². The normalized spacial score (nSPS) is 15.8. The molecule has 1 aromatic carbocycles. The summed E-state index contributed by atoms with van der Waals surface area (Å²) in [4.78, 5) is 0. The lowest BCUT2D eigenvalue weighted by Gasteiger charge is -2.11. The van der Waals surface area contributed by atoms with E-state index < -0.39 is 0 Å². The van der Waals surface area contributed by atoms with Crippen molar-refractivity contribution < 1.29 is 9.47 Å². The maximum Gasteiger partial charge on any atom is 0.119 e. The Labute approximate surface area is 116 Å². The van der Waals surface area contributed by atoms with Crippen LogP contribution in [0.2, 0.25) is 0 Å². The monoisotopic (exact) mass is 263 g/mol. The van der Waals surface area contributed by atoms with Crippen LogP contribution in [0.1, 0.15) is 32.1 Å². The first-order chi connectivity index (χ1) is 9.45. The summed E-state index contributed by atoms with van der Waals surface area (Å²) in [6, 6.07) is 10.6. The van der Waals surface area contributed by atoms with Gasteiger partial charge >= 0.3 is 0 Å². The fraction of sp³-hybridized carbons (Fsp3) is 0.625. The molecule has 1 aliphatic rings. The largest absolute Gasteiger partial charge is 0.491 e. The Hall–Kier alpha value is -1.06. The van der Waals surface area contributed by atoms with Crippen LogP contribution in [-0.2, 0) is 4.74 Å². The van der Waals surface area contributed by atoms with Crippen LogP contribution in [0, 0.1) is 0 Å². The summed E-state index contributed by atoms with van der Waals surface area (Å²) in [5.74, 6) is 0.911. The molecule has 0 radical (unpaired) electrons. The minimum absolute atomic E-state index is 0.625. The van der Waals surface area contributed by atoms with E-state index in [1.165, 1.54) is 25.7 Å². The van der Waals surface area contributed by atoms with Crippen molar-refractivity contribution in [1.82, 2.24) is 5.32 Å². The van der Waals surface area contributed by atoms with Crippen molar-refractivity contribution in [2.75, 3.05) is 26.4 Å². The Morgan fingerprint density at radius 2 is 1.79 bits per heavy atom. The van der Waals surface area contributed by atoms with Gasteiger partial charge in [0.25, 0.3) is 0 Å². The number of ether oxygens (including phenoxy) is 2. The number of rotatable bonds is 9. The third-order valence-electron chi connectivity index (χ3n) is 3.49. The predicted molar refractivity (Wildman–Crippen MR) is 77.6 cm³/mol. The molecular formula is C16H25NO2. The Kier molecular flexibility index (Phi) is 6.75. The molecule has 0 unspecified atom stereocenters. The lowest BCUT2D eigenvalue weighted by molar-refractivity contribution is 0.0980. The van der Waals surface area contributed by atoms with Crippen molar-refractivity contribution in [3.63, 3.8) is 0 Å². The van der Waals surface area contributed by atoms with E-state index in [9.17, 15) is 0 Å². The van der Waals surface area contributed by atoms with E-state index in [2.05, 4.69) is 5.32 Å². The topological polar surface area (TPSA) is 30.5 Å². The fourth-order valence-corrected chi connectivity index (χ4v) is 2.45. The van der Waals surface area contributed by atoms with Crippen LogP contribution in [0.3, 0.4) is 0 Å². The summed E-state index contributed by atoms with van der Waals surface area (Å²) in [6.07, 6.45) is 6.58. The molecule has 0 saturated heterocycles. The molecule has 1 aliphatic carbocycles. The highest BCUT2D eigenvalue weighted by Gasteiger charge is 2.12. The third-order valence-corrected chi connectivity index (χ3v) is 3.49. The molecule has 0 aliphatic heterocycles. The summed E-state index contributed by atoms with van der Waals surface area (Å²) < 4.78 is 11.1. The third kappa shape index (κ3) is 6.08. The minimum Gasteiger partial charge on any atom is -0.491 e. The second kappa shape index (κ2) is 8.94. The van der Waals surface area contributed by atoms with E-state index in [4.69, 9.17) is 9.47 Å². The molecule has 1 fully saturated rings. The van der Waals surface area contributed by atoms with Crippen LogP contribution in [0.15, 0.2) is 30.3 Å². The van der Waals surface area contributed by atoms with Crippen LogP contribution in [0.5, 0.6) is 5.75 Å². The highest BCUT2D eigenvalue weighted by Crippen LogP contribution is 2.17. The predicted octanol–water partition coefficient (Wildman–Crippen LogP) is 3.00. The van der Waals surface area contributed by atoms with Gasteiger partial charge in [-0.15, -0.1) is 0 Å². The molecule has 0 aromatic heterocycles. The molecule has 0 bridgehead atoms. The zero-order valence-electron chi connectivity index (χ0n) is 11.6. The van der Waals surface area contributed by atoms with Gasteiger partial charge in [0.1, 0.15) is 12.4 Å². The van der Waals surface area contributed by atoms with Gasteiger partial charge in [0.2, 0.25) is 0 Å². The summed E-state index contributed by atoms with van der Waals surface area (Å²) in [5, 5.41) is 3.59. The summed E-state index contributed by atoms with van der Waals surface area (Å²) in [5.41, 5.74) is 0. The molecule has 0 atom stereocenters. The van der Waals surface area contributed by atoms with Crippen LogP contribution >= 0.6 is 0 Å². The molecule has 1 N–H and O–H groups in total. The maximum atomic E-state index is 5.56. The van der Waals surface area contributed by atoms with Crippen molar-refractivity contribution in [3.8, 4) is 5.75 Å². The quantitative estimate of drug-likeness (QED) is 0.695. The van der Waals surface area contributed by atoms with Crippen molar-refractivity contribution in [3.05, 3.63) is 30.3 Å². The average Bonchev–Trinajstić information content (AvgIpc) is 2.96. The molecule has 2 rings (SSSR count). The maximum absolute atomic E-state index is 5.56. The van der Waals surface area contributed by atoms with E-state index in [0.717, 1.165) is 31.4 Å². The summed E-state index contributed by atoms with van der Waals surface area (Å²) >= 11 is 0. The SMILES string of the molecule is c1ccc(OCCOCCCNC2CCCC2)cc1. The number of hydrogen-bond donors (Lipinski definition) is 1. The minimum atomic E-state index is 0.625.